The van der Waals surface area contributed by atoms with Crippen molar-refractivity contribution in [2.75, 3.05) is 13.7 Å². The van der Waals surface area contributed by atoms with Crippen LogP contribution < -0.4 is 5.32 Å². The normalized spacial score (nSPS) is 35.8. The molecular formula is C12H18N2O3. The molecule has 1 saturated heterocycles. The van der Waals surface area contributed by atoms with E-state index >= 15 is 0 Å². The van der Waals surface area contributed by atoms with Gasteiger partial charge in [-0.05, 0) is 32.1 Å². The second kappa shape index (κ2) is 3.62. The number of carbonyl (C=O) groups is 2. The van der Waals surface area contributed by atoms with Gasteiger partial charge in [-0.1, -0.05) is 0 Å². The number of alkyl carbamates (subject to hydrolysis) is 1. The van der Waals surface area contributed by atoms with Gasteiger partial charge in [0, 0.05) is 19.0 Å². The number of amides is 2. The predicted octanol–water partition coefficient (Wildman–Crippen LogP) is 0.886. The van der Waals surface area contributed by atoms with Gasteiger partial charge in [0.15, 0.2) is 0 Å². The fourth-order valence-electron chi connectivity index (χ4n) is 3.01. The third-order valence-electron chi connectivity index (χ3n) is 4.44. The average molecular weight is 238 g/mol. The summed E-state index contributed by atoms with van der Waals surface area (Å²) in [6, 6.07) is 0.452. The van der Waals surface area contributed by atoms with Crippen molar-refractivity contribution < 1.29 is 14.3 Å². The van der Waals surface area contributed by atoms with Crippen LogP contribution >= 0.6 is 0 Å². The smallest absolute Gasteiger partial charge is 0.407 e. The number of carbonyl (C=O) groups excluding carboxylic acids is 2. The molecule has 0 aromatic carbocycles. The SMILES string of the molecule is CN(C(=O)C1CC2(COC(=O)N2)C1)C1CCC1. The summed E-state index contributed by atoms with van der Waals surface area (Å²) in [6.45, 7) is 0.419. The molecule has 3 rings (SSSR count). The Bertz CT molecular complexity index is 359. The third kappa shape index (κ3) is 1.68. The average Bonchev–Trinajstić information content (AvgIpc) is 2.54. The maximum absolute atomic E-state index is 12.2. The summed E-state index contributed by atoms with van der Waals surface area (Å²) >= 11 is 0. The number of hydrogen-bond acceptors (Lipinski definition) is 3. The van der Waals surface area contributed by atoms with Gasteiger partial charge in [-0.25, -0.2) is 4.79 Å². The van der Waals surface area contributed by atoms with Crippen LogP contribution in [0.15, 0.2) is 0 Å². The van der Waals surface area contributed by atoms with Gasteiger partial charge in [0.05, 0.1) is 5.54 Å². The first-order chi connectivity index (χ1) is 8.10. The molecule has 0 radical (unpaired) electrons. The summed E-state index contributed by atoms with van der Waals surface area (Å²) in [6.07, 6.45) is 4.63. The quantitative estimate of drug-likeness (QED) is 0.777. The molecule has 94 valence electrons. The highest BCUT2D eigenvalue weighted by molar-refractivity contribution is 5.81. The van der Waals surface area contributed by atoms with Crippen molar-refractivity contribution in [1.29, 1.82) is 0 Å². The van der Waals surface area contributed by atoms with E-state index in [0.29, 0.717) is 12.6 Å². The molecule has 3 aliphatic rings. The van der Waals surface area contributed by atoms with Crippen LogP contribution in [0.3, 0.4) is 0 Å². The summed E-state index contributed by atoms with van der Waals surface area (Å²) in [5.74, 6) is 0.309. The van der Waals surface area contributed by atoms with Crippen molar-refractivity contribution in [2.24, 2.45) is 5.92 Å². The molecule has 0 bridgehead atoms. The summed E-state index contributed by atoms with van der Waals surface area (Å²) in [4.78, 5) is 25.1. The molecule has 5 heteroatoms. The van der Waals surface area contributed by atoms with Crippen molar-refractivity contribution in [3.63, 3.8) is 0 Å². The molecule has 2 saturated carbocycles. The molecule has 5 nitrogen and oxygen atoms in total. The maximum atomic E-state index is 12.2. The van der Waals surface area contributed by atoms with Gasteiger partial charge in [-0.3, -0.25) is 4.79 Å². The van der Waals surface area contributed by atoms with Crippen LogP contribution in [0.4, 0.5) is 4.79 Å². The molecule has 0 aromatic heterocycles. The fraction of sp³-hybridized carbons (Fsp3) is 0.833. The highest BCUT2D eigenvalue weighted by Gasteiger charge is 2.53. The fourth-order valence-corrected chi connectivity index (χ4v) is 3.01. The Labute approximate surface area is 100 Å². The molecule has 2 aliphatic carbocycles. The summed E-state index contributed by atoms with van der Waals surface area (Å²) in [7, 11) is 1.90. The van der Waals surface area contributed by atoms with Gasteiger partial charge in [0.25, 0.3) is 0 Å². The van der Waals surface area contributed by atoms with E-state index in [-0.39, 0.29) is 23.5 Å². The molecule has 3 fully saturated rings. The Morgan fingerprint density at radius 2 is 2.18 bits per heavy atom. The van der Waals surface area contributed by atoms with Gasteiger partial charge in [0.1, 0.15) is 6.61 Å². The van der Waals surface area contributed by atoms with Crippen molar-refractivity contribution >= 4 is 12.0 Å². The Kier molecular flexibility index (Phi) is 2.31. The highest BCUT2D eigenvalue weighted by atomic mass is 16.6. The van der Waals surface area contributed by atoms with E-state index in [1.165, 1.54) is 6.42 Å². The second-order valence-electron chi connectivity index (χ2n) is 5.62. The monoisotopic (exact) mass is 238 g/mol. The van der Waals surface area contributed by atoms with Crippen molar-refractivity contribution in [3.05, 3.63) is 0 Å². The van der Waals surface area contributed by atoms with Crippen LogP contribution in [0.1, 0.15) is 32.1 Å². The van der Waals surface area contributed by atoms with Gasteiger partial charge < -0.3 is 15.0 Å². The van der Waals surface area contributed by atoms with E-state index < -0.39 is 0 Å². The Balaban J connectivity index is 1.54. The molecule has 1 N–H and O–H groups in total. The van der Waals surface area contributed by atoms with Crippen LogP contribution in [0.5, 0.6) is 0 Å². The van der Waals surface area contributed by atoms with E-state index in [2.05, 4.69) is 5.32 Å². The van der Waals surface area contributed by atoms with E-state index in [9.17, 15) is 9.59 Å². The lowest BCUT2D eigenvalue weighted by molar-refractivity contribution is -0.143. The van der Waals surface area contributed by atoms with Crippen molar-refractivity contribution in [2.45, 2.75) is 43.7 Å². The molecule has 0 unspecified atom stereocenters. The lowest BCUT2D eigenvalue weighted by Gasteiger charge is -2.45. The predicted molar refractivity (Wildman–Crippen MR) is 60.3 cm³/mol. The molecule has 0 aromatic rings. The zero-order valence-corrected chi connectivity index (χ0v) is 10.1. The van der Waals surface area contributed by atoms with Crippen molar-refractivity contribution in [1.82, 2.24) is 10.2 Å². The van der Waals surface area contributed by atoms with Crippen LogP contribution in [0.2, 0.25) is 0 Å². The first-order valence-corrected chi connectivity index (χ1v) is 6.31. The second-order valence-corrected chi connectivity index (χ2v) is 5.62. The first-order valence-electron chi connectivity index (χ1n) is 6.31. The molecule has 1 spiro atoms. The Morgan fingerprint density at radius 1 is 1.47 bits per heavy atom. The van der Waals surface area contributed by atoms with E-state index in [4.69, 9.17) is 4.74 Å². The number of cyclic esters (lactones) is 1. The van der Waals surface area contributed by atoms with E-state index in [0.717, 1.165) is 25.7 Å². The van der Waals surface area contributed by atoms with Crippen molar-refractivity contribution in [3.8, 4) is 0 Å². The summed E-state index contributed by atoms with van der Waals surface area (Å²) < 4.78 is 4.90. The number of hydrogen-bond donors (Lipinski definition) is 1. The lowest BCUT2D eigenvalue weighted by atomic mass is 9.68. The zero-order chi connectivity index (χ0) is 12.0. The molecule has 1 aliphatic heterocycles. The number of nitrogens with zero attached hydrogens (tertiary/aromatic N) is 1. The maximum Gasteiger partial charge on any atom is 0.407 e. The molecular weight excluding hydrogens is 220 g/mol. The van der Waals surface area contributed by atoms with Gasteiger partial charge in [-0.15, -0.1) is 0 Å². The highest BCUT2D eigenvalue weighted by Crippen LogP contribution is 2.42. The van der Waals surface area contributed by atoms with Crippen LogP contribution in [-0.4, -0.2) is 42.1 Å². The largest absolute Gasteiger partial charge is 0.447 e. The van der Waals surface area contributed by atoms with E-state index in [1.807, 2.05) is 11.9 Å². The van der Waals surface area contributed by atoms with Crippen LogP contribution in [-0.2, 0) is 9.53 Å². The zero-order valence-electron chi connectivity index (χ0n) is 10.1. The molecule has 17 heavy (non-hydrogen) atoms. The summed E-state index contributed by atoms with van der Waals surface area (Å²) in [5.41, 5.74) is -0.238. The number of rotatable bonds is 2. The van der Waals surface area contributed by atoms with Crippen LogP contribution in [0.25, 0.3) is 0 Å². The third-order valence-corrected chi connectivity index (χ3v) is 4.44. The minimum absolute atomic E-state index is 0.0719. The number of nitrogens with one attached hydrogen (secondary N) is 1. The van der Waals surface area contributed by atoms with Gasteiger partial charge in [0.2, 0.25) is 5.91 Å². The minimum atomic E-state index is -0.344. The standard InChI is InChI=1S/C12H18N2O3/c1-14(9-3-2-4-9)10(15)8-5-12(6-8)7-17-11(16)13-12/h8-9H,2-7H2,1H3,(H,13,16). The Morgan fingerprint density at radius 3 is 2.65 bits per heavy atom. The topological polar surface area (TPSA) is 58.6 Å². The van der Waals surface area contributed by atoms with Gasteiger partial charge in [-0.2, -0.15) is 0 Å². The van der Waals surface area contributed by atoms with Gasteiger partial charge >= 0.3 is 6.09 Å². The minimum Gasteiger partial charge on any atom is -0.447 e. The lowest BCUT2D eigenvalue weighted by Crippen LogP contribution is -2.59. The molecule has 2 amide bonds. The van der Waals surface area contributed by atoms with E-state index in [1.54, 1.807) is 0 Å². The molecule has 1 heterocycles. The summed E-state index contributed by atoms with van der Waals surface area (Å²) in [5, 5.41) is 2.82. The number of ether oxygens (including phenoxy) is 1. The Hall–Kier alpha value is -1.26. The van der Waals surface area contributed by atoms with Crippen LogP contribution in [0, 0.1) is 5.92 Å². The first kappa shape index (κ1) is 10.9. The molecule has 0 atom stereocenters.